The van der Waals surface area contributed by atoms with Gasteiger partial charge in [0.05, 0.1) is 11.4 Å². The largest absolute Gasteiger partial charge is 0.488 e. The maximum absolute atomic E-state index is 12.7. The quantitative estimate of drug-likeness (QED) is 0.316. The van der Waals surface area contributed by atoms with Crippen LogP contribution in [0.1, 0.15) is 37.5 Å². The van der Waals surface area contributed by atoms with Gasteiger partial charge in [-0.15, -0.1) is 16.4 Å². The van der Waals surface area contributed by atoms with Gasteiger partial charge in [-0.05, 0) is 55.5 Å². The van der Waals surface area contributed by atoms with Gasteiger partial charge in [0.15, 0.2) is 0 Å². The van der Waals surface area contributed by atoms with Crippen molar-refractivity contribution in [2.75, 3.05) is 5.32 Å². The van der Waals surface area contributed by atoms with Crippen molar-refractivity contribution in [1.29, 1.82) is 0 Å². The zero-order valence-electron chi connectivity index (χ0n) is 18.4. The Labute approximate surface area is 206 Å². The Hall–Kier alpha value is -2.87. The average Bonchev–Trinajstić information content (AvgIpc) is 3.40. The summed E-state index contributed by atoms with van der Waals surface area (Å²) in [6.45, 7) is 6.87. The van der Waals surface area contributed by atoms with Crippen LogP contribution in [0.2, 0.25) is 10.0 Å². The molecule has 0 aliphatic heterocycles. The first-order chi connectivity index (χ1) is 15.8. The molecule has 0 radical (unpaired) electrons. The standard InChI is InChI=1S/C24H22Cl2N4O2S/c1-14-7-15(2)22(16(3)8-14)32-11-17-9-21(33-12-17)23(31)28-24-27-13-30(29-24)10-18-19(25)5-4-6-20(18)26/h4-9,12-13H,10-11H2,1-3H3,(H,28,29,31). The van der Waals surface area contributed by atoms with Crippen LogP contribution in [-0.2, 0) is 13.2 Å². The molecule has 0 fully saturated rings. The van der Waals surface area contributed by atoms with Crippen molar-refractivity contribution in [1.82, 2.24) is 14.8 Å². The van der Waals surface area contributed by atoms with Gasteiger partial charge in [0, 0.05) is 21.2 Å². The third kappa shape index (κ3) is 5.55. The molecule has 0 bridgehead atoms. The van der Waals surface area contributed by atoms with Crippen molar-refractivity contribution in [3.8, 4) is 5.75 Å². The zero-order valence-corrected chi connectivity index (χ0v) is 20.7. The molecule has 2 heterocycles. The molecule has 0 unspecified atom stereocenters. The smallest absolute Gasteiger partial charge is 0.268 e. The van der Waals surface area contributed by atoms with Crippen molar-refractivity contribution in [3.63, 3.8) is 0 Å². The summed E-state index contributed by atoms with van der Waals surface area (Å²) in [5, 5.41) is 10.0. The van der Waals surface area contributed by atoms with E-state index < -0.39 is 0 Å². The number of rotatable bonds is 7. The zero-order chi connectivity index (χ0) is 23.5. The second-order valence-electron chi connectivity index (χ2n) is 7.76. The third-order valence-corrected chi connectivity index (χ3v) is 6.70. The Kier molecular flexibility index (Phi) is 7.02. The van der Waals surface area contributed by atoms with E-state index in [0.29, 0.717) is 28.1 Å². The van der Waals surface area contributed by atoms with Gasteiger partial charge >= 0.3 is 0 Å². The van der Waals surface area contributed by atoms with Crippen molar-refractivity contribution < 1.29 is 9.53 Å². The first-order valence-corrected chi connectivity index (χ1v) is 11.9. The van der Waals surface area contributed by atoms with E-state index in [4.69, 9.17) is 27.9 Å². The third-order valence-electron chi connectivity index (χ3n) is 5.01. The predicted molar refractivity (Wildman–Crippen MR) is 133 cm³/mol. The van der Waals surface area contributed by atoms with E-state index in [1.54, 1.807) is 22.9 Å². The van der Waals surface area contributed by atoms with Crippen LogP contribution in [0.4, 0.5) is 5.95 Å². The molecule has 2 aromatic carbocycles. The first kappa shape index (κ1) is 23.3. The lowest BCUT2D eigenvalue weighted by molar-refractivity contribution is 0.102. The molecule has 1 amide bonds. The van der Waals surface area contributed by atoms with Gasteiger partial charge in [-0.3, -0.25) is 10.1 Å². The molecule has 0 aliphatic carbocycles. The fourth-order valence-electron chi connectivity index (χ4n) is 3.56. The number of carbonyl (C=O) groups excluding carboxylic acids is 1. The molecular formula is C24H22Cl2N4O2S. The number of amides is 1. The number of carbonyl (C=O) groups is 1. The number of ether oxygens (including phenoxy) is 1. The minimum absolute atomic E-state index is 0.209. The number of thiophene rings is 1. The molecule has 0 saturated carbocycles. The second-order valence-corrected chi connectivity index (χ2v) is 9.48. The van der Waals surface area contributed by atoms with Crippen LogP contribution in [0.25, 0.3) is 0 Å². The molecule has 0 aliphatic rings. The molecule has 0 spiro atoms. The Morgan fingerprint density at radius 2 is 1.82 bits per heavy atom. The van der Waals surface area contributed by atoms with Crippen LogP contribution < -0.4 is 10.1 Å². The summed E-state index contributed by atoms with van der Waals surface area (Å²) >= 11 is 13.8. The average molecular weight is 501 g/mol. The number of hydrogen-bond acceptors (Lipinski definition) is 5. The van der Waals surface area contributed by atoms with Gasteiger partial charge in [-0.2, -0.15) is 0 Å². The van der Waals surface area contributed by atoms with Gasteiger partial charge in [0.2, 0.25) is 5.95 Å². The minimum Gasteiger partial charge on any atom is -0.488 e. The van der Waals surface area contributed by atoms with Gasteiger partial charge in [-0.1, -0.05) is 47.0 Å². The number of hydrogen-bond donors (Lipinski definition) is 1. The summed E-state index contributed by atoms with van der Waals surface area (Å²) < 4.78 is 7.60. The fraction of sp³-hybridized carbons (Fsp3) is 0.208. The van der Waals surface area contributed by atoms with E-state index >= 15 is 0 Å². The maximum Gasteiger partial charge on any atom is 0.268 e. The van der Waals surface area contributed by atoms with Crippen LogP contribution in [-0.4, -0.2) is 20.7 Å². The molecule has 4 aromatic rings. The number of aryl methyl sites for hydroxylation is 3. The lowest BCUT2D eigenvalue weighted by Crippen LogP contribution is -2.12. The van der Waals surface area contributed by atoms with Crippen LogP contribution in [0, 0.1) is 20.8 Å². The number of halogens is 2. The highest BCUT2D eigenvalue weighted by molar-refractivity contribution is 7.12. The van der Waals surface area contributed by atoms with E-state index in [1.165, 1.54) is 23.2 Å². The number of nitrogens with one attached hydrogen (secondary N) is 1. The summed E-state index contributed by atoms with van der Waals surface area (Å²) in [6, 6.07) is 11.3. The highest BCUT2D eigenvalue weighted by Gasteiger charge is 2.14. The van der Waals surface area contributed by atoms with E-state index in [-0.39, 0.29) is 11.9 Å². The Bertz CT molecular complexity index is 1270. The number of anilines is 1. The van der Waals surface area contributed by atoms with Crippen molar-refractivity contribution in [3.05, 3.63) is 90.8 Å². The van der Waals surface area contributed by atoms with Gasteiger partial charge in [0.25, 0.3) is 5.91 Å². The molecule has 4 rings (SSSR count). The lowest BCUT2D eigenvalue weighted by atomic mass is 10.1. The van der Waals surface area contributed by atoms with Crippen molar-refractivity contribution in [2.24, 2.45) is 0 Å². The molecule has 0 saturated heterocycles. The molecule has 0 atom stereocenters. The van der Waals surface area contributed by atoms with Gasteiger partial charge in [-0.25, -0.2) is 9.67 Å². The fourth-order valence-corrected chi connectivity index (χ4v) is 4.87. The maximum atomic E-state index is 12.7. The van der Waals surface area contributed by atoms with Crippen molar-refractivity contribution >= 4 is 46.4 Å². The molecule has 2 aromatic heterocycles. The van der Waals surface area contributed by atoms with E-state index in [0.717, 1.165) is 28.0 Å². The second kappa shape index (κ2) is 9.95. The lowest BCUT2D eigenvalue weighted by Gasteiger charge is -2.12. The molecule has 170 valence electrons. The highest BCUT2D eigenvalue weighted by Crippen LogP contribution is 2.27. The van der Waals surface area contributed by atoms with E-state index in [2.05, 4.69) is 34.5 Å². The molecular weight excluding hydrogens is 479 g/mol. The van der Waals surface area contributed by atoms with Crippen LogP contribution in [0.3, 0.4) is 0 Å². The van der Waals surface area contributed by atoms with Crippen LogP contribution in [0.5, 0.6) is 5.75 Å². The summed E-state index contributed by atoms with van der Waals surface area (Å²) in [5.74, 6) is 0.814. The van der Waals surface area contributed by atoms with Crippen LogP contribution >= 0.6 is 34.5 Å². The van der Waals surface area contributed by atoms with Crippen LogP contribution in [0.15, 0.2) is 48.1 Å². The highest BCUT2D eigenvalue weighted by atomic mass is 35.5. The molecule has 1 N–H and O–H groups in total. The number of aromatic nitrogens is 3. The van der Waals surface area contributed by atoms with Gasteiger partial charge < -0.3 is 4.74 Å². The normalized spacial score (nSPS) is 10.9. The molecule has 9 heteroatoms. The number of nitrogens with zero attached hydrogens (tertiary/aromatic N) is 3. The predicted octanol–water partition coefficient (Wildman–Crippen LogP) is 6.45. The molecule has 33 heavy (non-hydrogen) atoms. The SMILES string of the molecule is Cc1cc(C)c(OCc2csc(C(=O)Nc3ncn(Cc4c(Cl)cccc4Cl)n3)c2)c(C)c1. The molecule has 6 nitrogen and oxygen atoms in total. The summed E-state index contributed by atoms with van der Waals surface area (Å²) in [5.41, 5.74) is 5.07. The Balaban J connectivity index is 1.37. The Morgan fingerprint density at radius 1 is 1.12 bits per heavy atom. The first-order valence-electron chi connectivity index (χ1n) is 10.2. The number of benzene rings is 2. The summed E-state index contributed by atoms with van der Waals surface area (Å²) in [4.78, 5) is 17.4. The minimum atomic E-state index is -0.275. The van der Waals surface area contributed by atoms with E-state index in [1.807, 2.05) is 25.3 Å². The summed E-state index contributed by atoms with van der Waals surface area (Å²) in [6.07, 6.45) is 1.52. The Morgan fingerprint density at radius 3 is 2.52 bits per heavy atom. The topological polar surface area (TPSA) is 69.0 Å². The van der Waals surface area contributed by atoms with Gasteiger partial charge in [0.1, 0.15) is 18.7 Å². The van der Waals surface area contributed by atoms with E-state index in [9.17, 15) is 4.79 Å². The summed E-state index contributed by atoms with van der Waals surface area (Å²) in [7, 11) is 0. The monoisotopic (exact) mass is 500 g/mol. The van der Waals surface area contributed by atoms with Crippen molar-refractivity contribution in [2.45, 2.75) is 33.9 Å².